The monoisotopic (exact) mass is 231 g/mol. The van der Waals surface area contributed by atoms with Crippen molar-refractivity contribution in [1.29, 1.82) is 0 Å². The van der Waals surface area contributed by atoms with Crippen LogP contribution in [-0.2, 0) is 0 Å². The minimum Gasteiger partial charge on any atom is -0.369 e. The number of hydrogen-bond acceptors (Lipinski definition) is 2. The van der Waals surface area contributed by atoms with Gasteiger partial charge < -0.3 is 4.90 Å². The molecule has 0 aromatic rings. The third-order valence-electron chi connectivity index (χ3n) is 4.15. The third-order valence-corrected chi connectivity index (χ3v) is 4.15. The van der Waals surface area contributed by atoms with Gasteiger partial charge in [0, 0.05) is 38.4 Å². The second-order valence-electron chi connectivity index (χ2n) is 5.64. The molecule has 2 heteroatoms. The van der Waals surface area contributed by atoms with Gasteiger partial charge in [0.05, 0.1) is 0 Å². The molecule has 0 bridgehead atoms. The number of hydrogen-bond donors (Lipinski definition) is 0. The Labute approximate surface area is 105 Å². The van der Waals surface area contributed by atoms with Crippen molar-refractivity contribution in [3.05, 3.63) is 29.8 Å². The first-order chi connectivity index (χ1) is 8.33. The van der Waals surface area contributed by atoms with E-state index in [0.29, 0.717) is 0 Å². The van der Waals surface area contributed by atoms with E-state index >= 15 is 0 Å². The van der Waals surface area contributed by atoms with Gasteiger partial charge in [-0.3, -0.25) is 4.90 Å². The molecular formula is C15H23N2. The third kappa shape index (κ3) is 2.74. The van der Waals surface area contributed by atoms with Crippen molar-refractivity contribution >= 4 is 0 Å². The summed E-state index contributed by atoms with van der Waals surface area (Å²) in [5.41, 5.74) is 2.92. The Hall–Kier alpha value is -0.760. The molecule has 93 valence electrons. The summed E-state index contributed by atoms with van der Waals surface area (Å²) in [6, 6.07) is 0. The van der Waals surface area contributed by atoms with Crippen LogP contribution in [-0.4, -0.2) is 42.5 Å². The molecule has 3 rings (SSSR count). The first-order valence-electron chi connectivity index (χ1n) is 7.01. The van der Waals surface area contributed by atoms with Gasteiger partial charge in [0.15, 0.2) is 0 Å². The van der Waals surface area contributed by atoms with Crippen LogP contribution in [0, 0.1) is 12.3 Å². The predicted molar refractivity (Wildman–Crippen MR) is 71.5 cm³/mol. The van der Waals surface area contributed by atoms with E-state index in [-0.39, 0.29) is 0 Å². The van der Waals surface area contributed by atoms with E-state index in [0.717, 1.165) is 12.3 Å². The van der Waals surface area contributed by atoms with Gasteiger partial charge in [0.1, 0.15) is 0 Å². The summed E-state index contributed by atoms with van der Waals surface area (Å²) in [4.78, 5) is 5.23. The highest BCUT2D eigenvalue weighted by Crippen LogP contribution is 2.30. The van der Waals surface area contributed by atoms with Crippen molar-refractivity contribution in [3.8, 4) is 0 Å². The maximum Gasteiger partial charge on any atom is 0.0353 e. The Morgan fingerprint density at radius 1 is 1.18 bits per heavy atom. The molecule has 1 heterocycles. The standard InChI is InChI=1S/C15H23N2/c1-13-4-2-3-5-15(13)17-10-8-16(9-11-17)12-14-6-7-14/h2,4-5,14H,3,6-12H2,1H3. The van der Waals surface area contributed by atoms with Crippen LogP contribution >= 0.6 is 0 Å². The predicted octanol–water partition coefficient (Wildman–Crippen LogP) is 2.45. The van der Waals surface area contributed by atoms with Gasteiger partial charge in [-0.1, -0.05) is 12.2 Å². The van der Waals surface area contributed by atoms with Gasteiger partial charge in [0.25, 0.3) is 0 Å². The number of allylic oxidation sites excluding steroid dienone is 3. The van der Waals surface area contributed by atoms with E-state index in [2.05, 4.69) is 35.3 Å². The number of rotatable bonds is 3. The highest BCUT2D eigenvalue weighted by Gasteiger charge is 2.27. The molecule has 0 aromatic carbocycles. The quantitative estimate of drug-likeness (QED) is 0.736. The van der Waals surface area contributed by atoms with E-state index in [9.17, 15) is 0 Å². The van der Waals surface area contributed by atoms with Gasteiger partial charge in [0.2, 0.25) is 0 Å². The highest BCUT2D eigenvalue weighted by molar-refractivity contribution is 5.34. The van der Waals surface area contributed by atoms with Crippen molar-refractivity contribution in [2.24, 2.45) is 5.92 Å². The Kier molecular flexibility index (Phi) is 3.24. The molecule has 1 saturated carbocycles. The van der Waals surface area contributed by atoms with Crippen LogP contribution in [0.15, 0.2) is 23.4 Å². The number of nitrogens with zero attached hydrogens (tertiary/aromatic N) is 2. The van der Waals surface area contributed by atoms with Crippen LogP contribution in [0.1, 0.15) is 26.2 Å². The molecule has 2 aliphatic carbocycles. The smallest absolute Gasteiger partial charge is 0.0353 e. The summed E-state index contributed by atoms with van der Waals surface area (Å²) in [6.07, 6.45) is 11.0. The lowest BCUT2D eigenvalue weighted by Crippen LogP contribution is -2.46. The van der Waals surface area contributed by atoms with Crippen LogP contribution < -0.4 is 0 Å². The molecule has 0 atom stereocenters. The summed E-state index contributed by atoms with van der Waals surface area (Å²) in [5.74, 6) is 1.03. The topological polar surface area (TPSA) is 6.48 Å². The maximum absolute atomic E-state index is 2.66. The van der Waals surface area contributed by atoms with E-state index < -0.39 is 0 Å². The molecule has 0 aromatic heterocycles. The fourth-order valence-electron chi connectivity index (χ4n) is 2.89. The minimum atomic E-state index is 1.03. The second-order valence-corrected chi connectivity index (χ2v) is 5.64. The van der Waals surface area contributed by atoms with E-state index in [1.807, 2.05) is 0 Å². The van der Waals surface area contributed by atoms with Gasteiger partial charge >= 0.3 is 0 Å². The Morgan fingerprint density at radius 3 is 2.59 bits per heavy atom. The highest BCUT2D eigenvalue weighted by atomic mass is 15.3. The summed E-state index contributed by atoms with van der Waals surface area (Å²) < 4.78 is 0. The Balaban J connectivity index is 1.53. The van der Waals surface area contributed by atoms with E-state index in [1.54, 1.807) is 0 Å². The van der Waals surface area contributed by atoms with Gasteiger partial charge in [-0.15, -0.1) is 0 Å². The first kappa shape index (κ1) is 11.3. The van der Waals surface area contributed by atoms with Gasteiger partial charge in [-0.05, 0) is 44.1 Å². The lowest BCUT2D eigenvalue weighted by molar-refractivity contribution is 0.155. The molecule has 0 N–H and O–H groups in total. The minimum absolute atomic E-state index is 1.03. The SMILES string of the molecule is CC1=C[CH]CC=C1N1CCN(CC2CC2)CC1. The van der Waals surface area contributed by atoms with Crippen LogP contribution in [0.5, 0.6) is 0 Å². The zero-order chi connectivity index (χ0) is 11.7. The van der Waals surface area contributed by atoms with Crippen molar-refractivity contribution < 1.29 is 0 Å². The first-order valence-corrected chi connectivity index (χ1v) is 7.01. The molecule has 0 amide bonds. The normalized spacial score (nSPS) is 26.8. The van der Waals surface area contributed by atoms with Crippen molar-refractivity contribution in [2.45, 2.75) is 26.2 Å². The van der Waals surface area contributed by atoms with E-state index in [1.165, 1.54) is 56.8 Å². The molecule has 0 spiro atoms. The molecule has 17 heavy (non-hydrogen) atoms. The van der Waals surface area contributed by atoms with Crippen molar-refractivity contribution in [2.75, 3.05) is 32.7 Å². The van der Waals surface area contributed by atoms with Crippen LogP contribution in [0.25, 0.3) is 0 Å². The Morgan fingerprint density at radius 2 is 1.94 bits per heavy atom. The van der Waals surface area contributed by atoms with Gasteiger partial charge in [-0.2, -0.15) is 0 Å². The summed E-state index contributed by atoms with van der Waals surface area (Å²) >= 11 is 0. The second kappa shape index (κ2) is 4.85. The molecule has 2 fully saturated rings. The van der Waals surface area contributed by atoms with Gasteiger partial charge in [-0.25, -0.2) is 0 Å². The van der Waals surface area contributed by atoms with E-state index in [4.69, 9.17) is 0 Å². The average Bonchev–Trinajstić information content (AvgIpc) is 3.15. The van der Waals surface area contributed by atoms with Crippen LogP contribution in [0.2, 0.25) is 0 Å². The Bertz CT molecular complexity index is 331. The fourth-order valence-corrected chi connectivity index (χ4v) is 2.89. The average molecular weight is 231 g/mol. The largest absolute Gasteiger partial charge is 0.369 e. The zero-order valence-electron chi connectivity index (χ0n) is 10.9. The van der Waals surface area contributed by atoms with Crippen LogP contribution in [0.4, 0.5) is 0 Å². The lowest BCUT2D eigenvalue weighted by atomic mass is 10.0. The fraction of sp³-hybridized carbons (Fsp3) is 0.667. The number of piperazine rings is 1. The van der Waals surface area contributed by atoms with Crippen molar-refractivity contribution in [1.82, 2.24) is 9.80 Å². The molecular weight excluding hydrogens is 208 g/mol. The zero-order valence-corrected chi connectivity index (χ0v) is 10.9. The molecule has 0 unspecified atom stereocenters. The lowest BCUT2D eigenvalue weighted by Gasteiger charge is -2.38. The molecule has 1 aliphatic heterocycles. The van der Waals surface area contributed by atoms with Crippen LogP contribution in [0.3, 0.4) is 0 Å². The molecule has 2 nitrogen and oxygen atoms in total. The summed E-state index contributed by atoms with van der Waals surface area (Å²) in [7, 11) is 0. The molecule has 1 saturated heterocycles. The molecule has 3 aliphatic rings. The summed E-state index contributed by atoms with van der Waals surface area (Å²) in [6.45, 7) is 8.52. The summed E-state index contributed by atoms with van der Waals surface area (Å²) in [5, 5.41) is 0. The molecule has 1 radical (unpaired) electrons. The van der Waals surface area contributed by atoms with Crippen molar-refractivity contribution in [3.63, 3.8) is 0 Å². The maximum atomic E-state index is 2.66.